The van der Waals surface area contributed by atoms with Gasteiger partial charge in [0.2, 0.25) is 0 Å². The smallest absolute Gasteiger partial charge is 0.314 e. The Morgan fingerprint density at radius 2 is 1.81 bits per heavy atom. The maximum atomic E-state index is 11.4. The lowest BCUT2D eigenvalue weighted by Gasteiger charge is -2.43. The fraction of sp³-hybridized carbons (Fsp3) is 0.462. The monoisotopic (exact) mass is 219 g/mol. The van der Waals surface area contributed by atoms with Crippen LogP contribution in [0.5, 0.6) is 0 Å². The molecular formula is C13H17NO2. The van der Waals surface area contributed by atoms with Crippen molar-refractivity contribution >= 4 is 5.97 Å². The Morgan fingerprint density at radius 1 is 1.31 bits per heavy atom. The first-order valence-corrected chi connectivity index (χ1v) is 5.52. The van der Waals surface area contributed by atoms with Crippen molar-refractivity contribution in [2.75, 3.05) is 0 Å². The topological polar surface area (TPSA) is 63.3 Å². The average Bonchev–Trinajstić information content (AvgIpc) is 2.10. The Morgan fingerprint density at radius 3 is 2.19 bits per heavy atom. The maximum Gasteiger partial charge on any atom is 0.314 e. The molecule has 0 aromatic heterocycles. The lowest BCUT2D eigenvalue weighted by molar-refractivity contribution is -0.148. The summed E-state index contributed by atoms with van der Waals surface area (Å²) < 4.78 is 0. The van der Waals surface area contributed by atoms with E-state index >= 15 is 0 Å². The van der Waals surface area contributed by atoms with Crippen LogP contribution < -0.4 is 5.73 Å². The highest BCUT2D eigenvalue weighted by Crippen LogP contribution is 2.43. The molecular weight excluding hydrogens is 202 g/mol. The normalized spacial score (nSPS) is 28.6. The average molecular weight is 219 g/mol. The maximum absolute atomic E-state index is 11.4. The number of aryl methyl sites for hydroxylation is 2. The summed E-state index contributed by atoms with van der Waals surface area (Å²) in [5.74, 6) is -0.751. The summed E-state index contributed by atoms with van der Waals surface area (Å²) >= 11 is 0. The Balaban J connectivity index is 2.45. The number of carboxylic acids is 1. The van der Waals surface area contributed by atoms with Crippen molar-refractivity contribution in [1.29, 1.82) is 0 Å². The van der Waals surface area contributed by atoms with Gasteiger partial charge in [-0.2, -0.15) is 0 Å². The molecule has 3 nitrogen and oxygen atoms in total. The molecule has 16 heavy (non-hydrogen) atoms. The van der Waals surface area contributed by atoms with Crippen molar-refractivity contribution in [2.45, 2.75) is 38.1 Å². The predicted octanol–water partition coefficient (Wildman–Crippen LogP) is 1.75. The zero-order valence-corrected chi connectivity index (χ0v) is 9.66. The zero-order chi connectivity index (χ0) is 11.9. The molecule has 86 valence electrons. The third-order valence-electron chi connectivity index (χ3n) is 3.40. The fourth-order valence-electron chi connectivity index (χ4n) is 2.62. The zero-order valence-electron chi connectivity index (χ0n) is 9.66. The van der Waals surface area contributed by atoms with Gasteiger partial charge in [-0.3, -0.25) is 4.79 Å². The summed E-state index contributed by atoms with van der Waals surface area (Å²) in [5, 5.41) is 9.38. The second-order valence-electron chi connectivity index (χ2n) is 4.93. The van der Waals surface area contributed by atoms with Crippen LogP contribution >= 0.6 is 0 Å². The molecule has 3 heteroatoms. The van der Waals surface area contributed by atoms with Crippen LogP contribution in [0, 0.1) is 13.8 Å². The van der Waals surface area contributed by atoms with Crippen LogP contribution in [-0.4, -0.2) is 17.1 Å². The molecule has 0 heterocycles. The SMILES string of the molecule is Cc1cc(C)cc(C2(C(=O)O)CC(N)C2)c1. The predicted molar refractivity (Wildman–Crippen MR) is 62.4 cm³/mol. The minimum atomic E-state index is -0.751. The van der Waals surface area contributed by atoms with E-state index in [2.05, 4.69) is 6.07 Å². The highest BCUT2D eigenvalue weighted by Gasteiger charge is 2.50. The molecule has 0 atom stereocenters. The minimum absolute atomic E-state index is 0.0249. The highest BCUT2D eigenvalue weighted by atomic mass is 16.4. The van der Waals surface area contributed by atoms with Crippen molar-refractivity contribution in [2.24, 2.45) is 5.73 Å². The van der Waals surface area contributed by atoms with Crippen molar-refractivity contribution in [3.8, 4) is 0 Å². The summed E-state index contributed by atoms with van der Waals surface area (Å²) in [4.78, 5) is 11.4. The van der Waals surface area contributed by atoms with E-state index in [4.69, 9.17) is 5.73 Å². The molecule has 0 amide bonds. The molecule has 1 saturated carbocycles. The molecule has 1 aliphatic rings. The van der Waals surface area contributed by atoms with E-state index < -0.39 is 11.4 Å². The van der Waals surface area contributed by atoms with E-state index in [1.54, 1.807) is 0 Å². The third kappa shape index (κ3) is 1.61. The van der Waals surface area contributed by atoms with Gasteiger partial charge in [-0.15, -0.1) is 0 Å². The van der Waals surface area contributed by atoms with Crippen LogP contribution in [-0.2, 0) is 10.2 Å². The lowest BCUT2D eigenvalue weighted by atomic mass is 9.61. The molecule has 0 aliphatic heterocycles. The van der Waals surface area contributed by atoms with Gasteiger partial charge in [0.1, 0.15) is 0 Å². The molecule has 0 unspecified atom stereocenters. The third-order valence-corrected chi connectivity index (χ3v) is 3.40. The Hall–Kier alpha value is -1.35. The number of carbonyl (C=O) groups is 1. The Bertz CT molecular complexity index is 413. The van der Waals surface area contributed by atoms with Crippen LogP contribution in [0.1, 0.15) is 29.5 Å². The van der Waals surface area contributed by atoms with Gasteiger partial charge in [0.15, 0.2) is 0 Å². The van der Waals surface area contributed by atoms with E-state index in [1.165, 1.54) is 0 Å². The summed E-state index contributed by atoms with van der Waals surface area (Å²) in [6.07, 6.45) is 1.09. The first-order valence-electron chi connectivity index (χ1n) is 5.52. The van der Waals surface area contributed by atoms with Crippen molar-refractivity contribution in [1.82, 2.24) is 0 Å². The number of aliphatic carboxylic acids is 1. The number of hydrogen-bond donors (Lipinski definition) is 2. The lowest BCUT2D eigenvalue weighted by Crippen LogP contribution is -2.54. The van der Waals surface area contributed by atoms with Gasteiger partial charge in [0.05, 0.1) is 5.41 Å². The molecule has 0 radical (unpaired) electrons. The number of nitrogens with two attached hydrogens (primary N) is 1. The van der Waals surface area contributed by atoms with Crippen molar-refractivity contribution in [3.63, 3.8) is 0 Å². The molecule has 0 spiro atoms. The first-order chi connectivity index (χ1) is 7.44. The molecule has 1 aromatic rings. The summed E-state index contributed by atoms with van der Waals surface area (Å²) in [7, 11) is 0. The second kappa shape index (κ2) is 3.59. The molecule has 1 aromatic carbocycles. The molecule has 1 aliphatic carbocycles. The van der Waals surface area contributed by atoms with E-state index in [-0.39, 0.29) is 6.04 Å². The van der Waals surface area contributed by atoms with Gasteiger partial charge in [-0.1, -0.05) is 29.3 Å². The van der Waals surface area contributed by atoms with Crippen LogP contribution in [0.3, 0.4) is 0 Å². The highest BCUT2D eigenvalue weighted by molar-refractivity contribution is 5.83. The van der Waals surface area contributed by atoms with Crippen LogP contribution in [0.2, 0.25) is 0 Å². The van der Waals surface area contributed by atoms with Gasteiger partial charge in [0, 0.05) is 6.04 Å². The Kier molecular flexibility index (Phi) is 2.50. The molecule has 0 saturated heterocycles. The molecule has 1 fully saturated rings. The largest absolute Gasteiger partial charge is 0.481 e. The van der Waals surface area contributed by atoms with Gasteiger partial charge in [0.25, 0.3) is 0 Å². The van der Waals surface area contributed by atoms with E-state index in [1.807, 2.05) is 26.0 Å². The Labute approximate surface area is 95.3 Å². The molecule has 0 bridgehead atoms. The molecule has 2 rings (SSSR count). The van der Waals surface area contributed by atoms with E-state index in [9.17, 15) is 9.90 Å². The van der Waals surface area contributed by atoms with Gasteiger partial charge in [-0.25, -0.2) is 0 Å². The number of hydrogen-bond acceptors (Lipinski definition) is 2. The van der Waals surface area contributed by atoms with Gasteiger partial charge < -0.3 is 10.8 Å². The standard InChI is InChI=1S/C13H17NO2/c1-8-3-9(2)5-10(4-8)13(12(15)16)6-11(14)7-13/h3-5,11H,6-7,14H2,1-2H3,(H,15,16). The van der Waals surface area contributed by atoms with E-state index in [0.29, 0.717) is 12.8 Å². The van der Waals surface area contributed by atoms with Crippen LogP contribution in [0.4, 0.5) is 0 Å². The summed E-state index contributed by atoms with van der Waals surface area (Å²) in [5.41, 5.74) is 8.12. The number of carboxylic acid groups (broad SMARTS) is 1. The van der Waals surface area contributed by atoms with E-state index in [0.717, 1.165) is 16.7 Å². The summed E-state index contributed by atoms with van der Waals surface area (Å²) in [6.45, 7) is 3.98. The van der Waals surface area contributed by atoms with Gasteiger partial charge in [-0.05, 0) is 32.3 Å². The number of benzene rings is 1. The minimum Gasteiger partial charge on any atom is -0.481 e. The van der Waals surface area contributed by atoms with Crippen molar-refractivity contribution in [3.05, 3.63) is 34.9 Å². The number of rotatable bonds is 2. The second-order valence-corrected chi connectivity index (χ2v) is 4.93. The van der Waals surface area contributed by atoms with Gasteiger partial charge >= 0.3 is 5.97 Å². The van der Waals surface area contributed by atoms with Crippen LogP contribution in [0.15, 0.2) is 18.2 Å². The first kappa shape index (κ1) is 11.1. The van der Waals surface area contributed by atoms with Crippen LogP contribution in [0.25, 0.3) is 0 Å². The fourth-order valence-corrected chi connectivity index (χ4v) is 2.62. The molecule has 3 N–H and O–H groups in total. The quantitative estimate of drug-likeness (QED) is 0.796. The van der Waals surface area contributed by atoms with Crippen molar-refractivity contribution < 1.29 is 9.90 Å². The summed E-state index contributed by atoms with van der Waals surface area (Å²) in [6, 6.07) is 6.01.